The summed E-state index contributed by atoms with van der Waals surface area (Å²) in [6.45, 7) is 6.00. The summed E-state index contributed by atoms with van der Waals surface area (Å²) in [6.07, 6.45) is 5.81. The molecular formula is C17H28N2O2S. The zero-order valence-corrected chi connectivity index (χ0v) is 14.5. The topological polar surface area (TPSA) is 49.4 Å². The molecule has 1 aromatic rings. The first-order valence-electron chi connectivity index (χ1n) is 8.15. The molecule has 0 aliphatic carbocycles. The number of nitrogens with one attached hydrogen (secondary N) is 1. The molecule has 0 spiro atoms. The SMILES string of the molecule is Cc1ccccc1CCCN1CCCC(CNS(C)(=O)=O)C1. The Kier molecular flexibility index (Phi) is 6.41. The molecule has 5 heteroatoms. The van der Waals surface area contributed by atoms with Crippen LogP contribution in [0.1, 0.15) is 30.4 Å². The van der Waals surface area contributed by atoms with Crippen LogP contribution in [0.25, 0.3) is 0 Å². The Morgan fingerprint density at radius 3 is 2.82 bits per heavy atom. The Labute approximate surface area is 135 Å². The Balaban J connectivity index is 1.73. The molecule has 1 aliphatic heterocycles. The van der Waals surface area contributed by atoms with Crippen molar-refractivity contribution >= 4 is 10.0 Å². The van der Waals surface area contributed by atoms with Gasteiger partial charge in [0.15, 0.2) is 0 Å². The van der Waals surface area contributed by atoms with Gasteiger partial charge in [0.2, 0.25) is 10.0 Å². The molecule has 1 fully saturated rings. The molecule has 1 heterocycles. The predicted molar refractivity (Wildman–Crippen MR) is 91.5 cm³/mol. The molecular weight excluding hydrogens is 296 g/mol. The van der Waals surface area contributed by atoms with Crippen LogP contribution in [0.2, 0.25) is 0 Å². The highest BCUT2D eigenvalue weighted by atomic mass is 32.2. The molecule has 1 aliphatic rings. The lowest BCUT2D eigenvalue weighted by Gasteiger charge is -2.32. The maximum Gasteiger partial charge on any atom is 0.208 e. The smallest absolute Gasteiger partial charge is 0.208 e. The van der Waals surface area contributed by atoms with Crippen LogP contribution in [0.5, 0.6) is 0 Å². The maximum atomic E-state index is 11.2. The van der Waals surface area contributed by atoms with Crippen molar-refractivity contribution in [3.8, 4) is 0 Å². The summed E-state index contributed by atoms with van der Waals surface area (Å²) >= 11 is 0. The zero-order chi connectivity index (χ0) is 16.0. The van der Waals surface area contributed by atoms with Gasteiger partial charge in [-0.15, -0.1) is 0 Å². The molecule has 1 atom stereocenters. The Hall–Kier alpha value is -0.910. The molecule has 22 heavy (non-hydrogen) atoms. The Bertz CT molecular complexity index is 572. The molecule has 1 unspecified atom stereocenters. The fraction of sp³-hybridized carbons (Fsp3) is 0.647. The fourth-order valence-corrected chi connectivity index (χ4v) is 3.71. The predicted octanol–water partition coefficient (Wildman–Crippen LogP) is 2.19. The van der Waals surface area contributed by atoms with Crippen LogP contribution in [-0.4, -0.2) is 45.8 Å². The minimum absolute atomic E-state index is 0.446. The molecule has 4 nitrogen and oxygen atoms in total. The van der Waals surface area contributed by atoms with Crippen LogP contribution in [-0.2, 0) is 16.4 Å². The summed E-state index contributed by atoms with van der Waals surface area (Å²) in [4.78, 5) is 2.48. The van der Waals surface area contributed by atoms with Gasteiger partial charge in [0.1, 0.15) is 0 Å². The first-order chi connectivity index (χ1) is 10.4. The van der Waals surface area contributed by atoms with Crippen LogP contribution in [0.15, 0.2) is 24.3 Å². The quantitative estimate of drug-likeness (QED) is 0.836. The van der Waals surface area contributed by atoms with Crippen molar-refractivity contribution in [3.63, 3.8) is 0 Å². The van der Waals surface area contributed by atoms with Crippen molar-refractivity contribution < 1.29 is 8.42 Å². The van der Waals surface area contributed by atoms with Gasteiger partial charge in [0, 0.05) is 13.1 Å². The largest absolute Gasteiger partial charge is 0.303 e. The number of benzene rings is 1. The van der Waals surface area contributed by atoms with E-state index in [0.717, 1.165) is 38.9 Å². The average molecular weight is 324 g/mol. The van der Waals surface area contributed by atoms with Crippen LogP contribution >= 0.6 is 0 Å². The number of nitrogens with zero attached hydrogens (tertiary/aromatic N) is 1. The van der Waals surface area contributed by atoms with Gasteiger partial charge >= 0.3 is 0 Å². The summed E-state index contributed by atoms with van der Waals surface area (Å²) in [7, 11) is -3.07. The van der Waals surface area contributed by atoms with E-state index in [9.17, 15) is 8.42 Å². The van der Waals surface area contributed by atoms with Gasteiger partial charge in [-0.3, -0.25) is 0 Å². The lowest BCUT2D eigenvalue weighted by Crippen LogP contribution is -2.41. The standard InChI is InChI=1S/C17H28N2O2S/c1-15-7-3-4-9-17(15)10-6-12-19-11-5-8-16(14-19)13-18-22(2,20)21/h3-4,7,9,16,18H,5-6,8,10-14H2,1-2H3. The van der Waals surface area contributed by atoms with E-state index >= 15 is 0 Å². The van der Waals surface area contributed by atoms with Gasteiger partial charge in [-0.1, -0.05) is 24.3 Å². The van der Waals surface area contributed by atoms with E-state index in [1.165, 1.54) is 23.8 Å². The highest BCUT2D eigenvalue weighted by molar-refractivity contribution is 7.88. The third-order valence-corrected chi connectivity index (χ3v) is 5.11. The molecule has 1 N–H and O–H groups in total. The summed E-state index contributed by atoms with van der Waals surface area (Å²) in [5.41, 5.74) is 2.81. The number of piperidine rings is 1. The van der Waals surface area contributed by atoms with Gasteiger partial charge < -0.3 is 4.90 Å². The van der Waals surface area contributed by atoms with Gasteiger partial charge in [0.25, 0.3) is 0 Å². The third kappa shape index (κ3) is 6.07. The summed E-state index contributed by atoms with van der Waals surface area (Å²) < 4.78 is 25.0. The second-order valence-corrected chi connectivity index (χ2v) is 8.29. The van der Waals surface area contributed by atoms with Gasteiger partial charge in [0.05, 0.1) is 6.26 Å². The second kappa shape index (κ2) is 8.09. The monoisotopic (exact) mass is 324 g/mol. The molecule has 0 amide bonds. The van der Waals surface area contributed by atoms with E-state index in [0.29, 0.717) is 12.5 Å². The van der Waals surface area contributed by atoms with Crippen LogP contribution in [0.3, 0.4) is 0 Å². The molecule has 0 aromatic heterocycles. The van der Waals surface area contributed by atoms with Crippen molar-refractivity contribution in [2.24, 2.45) is 5.92 Å². The Morgan fingerprint density at radius 1 is 1.32 bits per heavy atom. The lowest BCUT2D eigenvalue weighted by atomic mass is 9.97. The normalized spacial score (nSPS) is 20.2. The Morgan fingerprint density at radius 2 is 2.09 bits per heavy atom. The molecule has 2 rings (SSSR count). The highest BCUT2D eigenvalue weighted by Gasteiger charge is 2.20. The molecule has 1 aromatic carbocycles. The van der Waals surface area contributed by atoms with Crippen LogP contribution in [0.4, 0.5) is 0 Å². The third-order valence-electron chi connectivity index (χ3n) is 4.42. The van der Waals surface area contributed by atoms with E-state index in [4.69, 9.17) is 0 Å². The van der Waals surface area contributed by atoms with E-state index in [1.54, 1.807) is 0 Å². The molecule has 0 radical (unpaired) electrons. The van der Waals surface area contributed by atoms with E-state index in [1.807, 2.05) is 0 Å². The van der Waals surface area contributed by atoms with Crippen LogP contribution < -0.4 is 4.72 Å². The minimum atomic E-state index is -3.07. The van der Waals surface area contributed by atoms with Gasteiger partial charge in [-0.2, -0.15) is 0 Å². The second-order valence-electron chi connectivity index (χ2n) is 6.46. The molecule has 1 saturated heterocycles. The first kappa shape index (κ1) is 17.4. The van der Waals surface area contributed by atoms with Crippen LogP contribution in [0, 0.1) is 12.8 Å². The molecule has 124 valence electrons. The van der Waals surface area contributed by atoms with E-state index < -0.39 is 10.0 Å². The van der Waals surface area contributed by atoms with Crippen molar-refractivity contribution in [3.05, 3.63) is 35.4 Å². The van der Waals surface area contributed by atoms with Crippen molar-refractivity contribution in [1.82, 2.24) is 9.62 Å². The number of sulfonamides is 1. The zero-order valence-electron chi connectivity index (χ0n) is 13.7. The number of hydrogen-bond donors (Lipinski definition) is 1. The number of rotatable bonds is 7. The van der Waals surface area contributed by atoms with Gasteiger partial charge in [-0.05, 0) is 62.7 Å². The fourth-order valence-electron chi connectivity index (χ4n) is 3.17. The van der Waals surface area contributed by atoms with Crippen molar-refractivity contribution in [1.29, 1.82) is 0 Å². The summed E-state index contributed by atoms with van der Waals surface area (Å²) in [5, 5.41) is 0. The van der Waals surface area contributed by atoms with E-state index in [-0.39, 0.29) is 0 Å². The molecule has 0 bridgehead atoms. The maximum absolute atomic E-state index is 11.2. The number of hydrogen-bond acceptors (Lipinski definition) is 3. The molecule has 0 saturated carbocycles. The first-order valence-corrected chi connectivity index (χ1v) is 10.0. The minimum Gasteiger partial charge on any atom is -0.303 e. The number of aryl methyl sites for hydroxylation is 2. The summed E-state index contributed by atoms with van der Waals surface area (Å²) in [5.74, 6) is 0.446. The average Bonchev–Trinajstić information content (AvgIpc) is 2.47. The van der Waals surface area contributed by atoms with Gasteiger partial charge in [-0.25, -0.2) is 13.1 Å². The van der Waals surface area contributed by atoms with Crippen molar-refractivity contribution in [2.75, 3.05) is 32.4 Å². The van der Waals surface area contributed by atoms with E-state index in [2.05, 4.69) is 40.8 Å². The van der Waals surface area contributed by atoms with Crippen molar-refractivity contribution in [2.45, 2.75) is 32.6 Å². The number of likely N-dealkylation sites (tertiary alicyclic amines) is 1. The lowest BCUT2D eigenvalue weighted by molar-refractivity contribution is 0.174. The summed E-state index contributed by atoms with van der Waals surface area (Å²) in [6, 6.07) is 8.58. The highest BCUT2D eigenvalue weighted by Crippen LogP contribution is 2.17.